The molecule has 0 aromatic rings. The van der Waals surface area contributed by atoms with Crippen LogP contribution in [0.15, 0.2) is 23.3 Å². The molecule has 0 bridgehead atoms. The molecule has 5 aliphatic rings. The van der Waals surface area contributed by atoms with E-state index in [1.165, 1.54) is 11.1 Å². The van der Waals surface area contributed by atoms with Gasteiger partial charge in [-0.15, -0.1) is 0 Å². The van der Waals surface area contributed by atoms with Crippen LogP contribution >= 0.6 is 0 Å². The van der Waals surface area contributed by atoms with E-state index in [4.69, 9.17) is 4.74 Å². The number of fused-ring (bicyclic) bond motifs is 6. The molecule has 4 nitrogen and oxygen atoms in total. The summed E-state index contributed by atoms with van der Waals surface area (Å²) in [6.07, 6.45) is 9.29. The molecule has 3 fully saturated rings. The average molecular weight is 471 g/mol. The highest BCUT2D eigenvalue weighted by atomic mass is 16.5. The SMILES string of the molecule is C[C@@H]1CC([C@@H](O)C(C)(C)O)O[C@H]2C[C@@]3(C)C(=C12)C=C[C@H]1[C@@]2(C)CCC(=O)C(C)(C)[C@@H]2CC[C@@]13C. The second-order valence-corrected chi connectivity index (χ2v) is 14.3. The molecule has 2 N–H and O–H groups in total. The third-order valence-electron chi connectivity index (χ3n) is 11.7. The van der Waals surface area contributed by atoms with E-state index in [1.54, 1.807) is 13.8 Å². The summed E-state index contributed by atoms with van der Waals surface area (Å²) < 4.78 is 6.58. The van der Waals surface area contributed by atoms with Gasteiger partial charge in [0.15, 0.2) is 0 Å². The largest absolute Gasteiger partial charge is 0.388 e. The fourth-order valence-corrected chi connectivity index (χ4v) is 9.54. The summed E-state index contributed by atoms with van der Waals surface area (Å²) in [5.41, 5.74) is 1.70. The zero-order valence-electron chi connectivity index (χ0n) is 22.6. The average Bonchev–Trinajstić information content (AvgIpc) is 3.03. The third-order valence-corrected chi connectivity index (χ3v) is 11.7. The highest BCUT2D eigenvalue weighted by Gasteiger charge is 2.67. The van der Waals surface area contributed by atoms with Crippen LogP contribution < -0.4 is 0 Å². The molecule has 0 spiro atoms. The Labute approximate surface area is 206 Å². The maximum atomic E-state index is 12.9. The smallest absolute Gasteiger partial charge is 0.138 e. The van der Waals surface area contributed by atoms with E-state index in [0.717, 1.165) is 32.1 Å². The number of carbonyl (C=O) groups excluding carboxylic acids is 1. The number of hydrogen-bond donors (Lipinski definition) is 2. The number of allylic oxidation sites excluding steroid dienone is 3. The van der Waals surface area contributed by atoms with Crippen molar-refractivity contribution in [1.82, 2.24) is 0 Å². The van der Waals surface area contributed by atoms with Crippen LogP contribution in [0.1, 0.15) is 93.9 Å². The van der Waals surface area contributed by atoms with Gasteiger partial charge in [0.1, 0.15) is 11.9 Å². The number of aliphatic hydroxyl groups excluding tert-OH is 1. The minimum Gasteiger partial charge on any atom is -0.388 e. The van der Waals surface area contributed by atoms with Crippen molar-refractivity contribution < 1.29 is 19.7 Å². The first-order valence-corrected chi connectivity index (χ1v) is 13.6. The van der Waals surface area contributed by atoms with Crippen LogP contribution in [0.25, 0.3) is 0 Å². The van der Waals surface area contributed by atoms with E-state index in [0.29, 0.717) is 30.0 Å². The van der Waals surface area contributed by atoms with Gasteiger partial charge in [-0.3, -0.25) is 4.79 Å². The van der Waals surface area contributed by atoms with E-state index < -0.39 is 11.7 Å². The second-order valence-electron chi connectivity index (χ2n) is 14.3. The Balaban J connectivity index is 1.52. The van der Waals surface area contributed by atoms with Crippen molar-refractivity contribution in [2.24, 2.45) is 39.4 Å². The highest BCUT2D eigenvalue weighted by Crippen LogP contribution is 2.73. The molecule has 1 heterocycles. The zero-order chi connectivity index (χ0) is 25.1. The van der Waals surface area contributed by atoms with Crippen molar-refractivity contribution >= 4 is 5.78 Å². The molecular weight excluding hydrogens is 424 g/mol. The first-order valence-electron chi connectivity index (χ1n) is 13.6. The van der Waals surface area contributed by atoms with Crippen molar-refractivity contribution in [3.8, 4) is 0 Å². The van der Waals surface area contributed by atoms with Crippen LogP contribution in [0.5, 0.6) is 0 Å². The maximum absolute atomic E-state index is 12.9. The number of rotatable bonds is 2. The van der Waals surface area contributed by atoms with Gasteiger partial charge in [0.05, 0.1) is 17.8 Å². The summed E-state index contributed by atoms with van der Waals surface area (Å²) in [6, 6.07) is 0. The summed E-state index contributed by atoms with van der Waals surface area (Å²) in [7, 11) is 0. The predicted octanol–water partition coefficient (Wildman–Crippen LogP) is 5.62. The Morgan fingerprint density at radius 2 is 1.82 bits per heavy atom. The molecule has 9 atom stereocenters. The van der Waals surface area contributed by atoms with Gasteiger partial charge in [0, 0.05) is 17.3 Å². The normalized spacial score (nSPS) is 48.6. The summed E-state index contributed by atoms with van der Waals surface area (Å²) in [4.78, 5) is 12.9. The van der Waals surface area contributed by atoms with Crippen LogP contribution in [0.3, 0.4) is 0 Å². The van der Waals surface area contributed by atoms with E-state index in [2.05, 4.69) is 53.7 Å². The molecule has 5 rings (SSSR count). The fourth-order valence-electron chi connectivity index (χ4n) is 9.54. The van der Waals surface area contributed by atoms with Crippen LogP contribution in [-0.2, 0) is 9.53 Å². The topological polar surface area (TPSA) is 66.8 Å². The zero-order valence-corrected chi connectivity index (χ0v) is 22.6. The molecule has 1 aliphatic heterocycles. The van der Waals surface area contributed by atoms with Crippen molar-refractivity contribution in [1.29, 1.82) is 0 Å². The lowest BCUT2D eigenvalue weighted by molar-refractivity contribution is -0.172. The fraction of sp³-hybridized carbons (Fsp3) is 0.833. The summed E-state index contributed by atoms with van der Waals surface area (Å²) in [5, 5.41) is 21.3. The van der Waals surface area contributed by atoms with Crippen molar-refractivity contribution in [3.63, 3.8) is 0 Å². The van der Waals surface area contributed by atoms with E-state index in [9.17, 15) is 15.0 Å². The summed E-state index contributed by atoms with van der Waals surface area (Å²) in [5.74, 6) is 1.62. The van der Waals surface area contributed by atoms with Gasteiger partial charge in [0.2, 0.25) is 0 Å². The third kappa shape index (κ3) is 3.03. The van der Waals surface area contributed by atoms with Gasteiger partial charge in [-0.1, -0.05) is 53.7 Å². The van der Waals surface area contributed by atoms with Crippen LogP contribution in [-0.4, -0.2) is 39.9 Å². The number of aliphatic hydroxyl groups is 2. The number of ether oxygens (including phenoxy) is 1. The monoisotopic (exact) mass is 470 g/mol. The first-order chi connectivity index (χ1) is 15.6. The quantitative estimate of drug-likeness (QED) is 0.550. The van der Waals surface area contributed by atoms with Gasteiger partial charge >= 0.3 is 0 Å². The van der Waals surface area contributed by atoms with Crippen molar-refractivity contribution in [2.75, 3.05) is 0 Å². The van der Waals surface area contributed by atoms with Gasteiger partial charge in [0.25, 0.3) is 0 Å². The lowest BCUT2D eigenvalue weighted by Gasteiger charge is -2.66. The highest BCUT2D eigenvalue weighted by molar-refractivity contribution is 5.85. The van der Waals surface area contributed by atoms with Crippen molar-refractivity contribution in [2.45, 2.75) is 118 Å². The number of Topliss-reactive ketones (excluding diaryl/α,β-unsaturated/α-hetero) is 1. The molecule has 1 saturated heterocycles. The molecule has 0 amide bonds. The van der Waals surface area contributed by atoms with E-state index >= 15 is 0 Å². The maximum Gasteiger partial charge on any atom is 0.138 e. The first kappa shape index (κ1) is 24.7. The van der Waals surface area contributed by atoms with Gasteiger partial charge in [-0.25, -0.2) is 0 Å². The van der Waals surface area contributed by atoms with Crippen LogP contribution in [0.4, 0.5) is 0 Å². The molecular formula is C30H46O4. The van der Waals surface area contributed by atoms with Crippen LogP contribution in [0.2, 0.25) is 0 Å². The van der Waals surface area contributed by atoms with Gasteiger partial charge in [-0.05, 0) is 85.7 Å². The number of carbonyl (C=O) groups is 1. The lowest BCUT2D eigenvalue weighted by Crippen LogP contribution is -2.61. The molecule has 0 aromatic heterocycles. The molecule has 1 unspecified atom stereocenters. The predicted molar refractivity (Wildman–Crippen MR) is 134 cm³/mol. The number of ketones is 1. The Hall–Kier alpha value is -0.970. The van der Waals surface area contributed by atoms with E-state index in [-0.39, 0.29) is 33.9 Å². The summed E-state index contributed by atoms with van der Waals surface area (Å²) >= 11 is 0. The minimum absolute atomic E-state index is 0.000814. The van der Waals surface area contributed by atoms with Gasteiger partial charge in [-0.2, -0.15) is 0 Å². The minimum atomic E-state index is -1.18. The number of hydrogen-bond acceptors (Lipinski definition) is 4. The van der Waals surface area contributed by atoms with Gasteiger partial charge < -0.3 is 14.9 Å². The van der Waals surface area contributed by atoms with Crippen molar-refractivity contribution in [3.05, 3.63) is 23.3 Å². The molecule has 0 radical (unpaired) electrons. The lowest BCUT2D eigenvalue weighted by atomic mass is 9.37. The Kier molecular flexibility index (Phi) is 5.30. The molecule has 2 saturated carbocycles. The standard InChI is InChI=1S/C30H46O4/c1-17-15-19(25(32)27(4,5)33)34-20-16-30(8)18(24(17)20)9-10-22-28(6)13-12-23(31)26(2,3)21(28)11-14-29(22,30)7/h9-10,17,19-22,25,32-33H,11-16H2,1-8H3/t17-,19?,20+,21+,22+,25-,28+,29+,30+/m1/s1. The molecule has 0 aromatic carbocycles. The Morgan fingerprint density at radius 3 is 2.47 bits per heavy atom. The molecule has 4 aliphatic carbocycles. The summed E-state index contributed by atoms with van der Waals surface area (Å²) in [6.45, 7) is 17.4. The Morgan fingerprint density at radius 1 is 1.15 bits per heavy atom. The second kappa shape index (κ2) is 7.29. The molecule has 4 heteroatoms. The Bertz CT molecular complexity index is 953. The molecule has 190 valence electrons. The van der Waals surface area contributed by atoms with Crippen LogP contribution in [0, 0.1) is 39.4 Å². The van der Waals surface area contributed by atoms with E-state index in [1.807, 2.05) is 0 Å². The molecule has 34 heavy (non-hydrogen) atoms.